The Kier molecular flexibility index (Phi) is 7.10. The van der Waals surface area contributed by atoms with E-state index in [-0.39, 0.29) is 11.8 Å². The summed E-state index contributed by atoms with van der Waals surface area (Å²) < 4.78 is 1.99. The molecule has 0 aliphatic carbocycles. The Morgan fingerprint density at radius 3 is 2.76 bits per heavy atom. The molecular formula is C26H30N6O. The molecule has 1 aromatic carbocycles. The number of aromatic nitrogens is 3. The molecular weight excluding hydrogens is 412 g/mol. The van der Waals surface area contributed by atoms with Gasteiger partial charge in [-0.05, 0) is 63.2 Å². The molecule has 170 valence electrons. The predicted octanol–water partition coefficient (Wildman–Crippen LogP) is 4.45. The van der Waals surface area contributed by atoms with Crippen molar-refractivity contribution in [2.45, 2.75) is 19.8 Å². The SMILES string of the molecule is C=N/C(=C\C=C/C)CN1CCC(C(=O)Nc2cc3cc(-c4cncn4C)ccc3cn2)CC1. The number of nitrogens with one attached hydrogen (secondary N) is 1. The summed E-state index contributed by atoms with van der Waals surface area (Å²) in [7, 11) is 1.98. The quantitative estimate of drug-likeness (QED) is 0.433. The number of likely N-dealkylation sites (tertiary alicyclic amines) is 1. The average molecular weight is 443 g/mol. The maximum atomic E-state index is 12.9. The van der Waals surface area contributed by atoms with Gasteiger partial charge in [0, 0.05) is 36.7 Å². The number of anilines is 1. The van der Waals surface area contributed by atoms with E-state index in [2.05, 4.69) is 44.0 Å². The lowest BCUT2D eigenvalue weighted by molar-refractivity contribution is -0.121. The van der Waals surface area contributed by atoms with Crippen LogP contribution in [0.3, 0.4) is 0 Å². The van der Waals surface area contributed by atoms with Crippen LogP contribution < -0.4 is 5.32 Å². The molecule has 7 nitrogen and oxygen atoms in total. The van der Waals surface area contributed by atoms with Crippen LogP contribution in [0.25, 0.3) is 22.0 Å². The van der Waals surface area contributed by atoms with Crippen LogP contribution in [0.4, 0.5) is 5.82 Å². The second-order valence-electron chi connectivity index (χ2n) is 8.40. The summed E-state index contributed by atoms with van der Waals surface area (Å²) in [5.74, 6) is 0.611. The van der Waals surface area contributed by atoms with Gasteiger partial charge in [-0.1, -0.05) is 24.3 Å². The van der Waals surface area contributed by atoms with E-state index in [1.165, 1.54) is 0 Å². The lowest BCUT2D eigenvalue weighted by Gasteiger charge is -2.31. The molecule has 1 N–H and O–H groups in total. The fraction of sp³-hybridized carbons (Fsp3) is 0.308. The van der Waals surface area contributed by atoms with E-state index in [1.807, 2.05) is 61.3 Å². The predicted molar refractivity (Wildman–Crippen MR) is 134 cm³/mol. The zero-order chi connectivity index (χ0) is 23.2. The largest absolute Gasteiger partial charge is 0.334 e. The van der Waals surface area contributed by atoms with Gasteiger partial charge < -0.3 is 9.88 Å². The summed E-state index contributed by atoms with van der Waals surface area (Å²) in [6.45, 7) is 8.12. The van der Waals surface area contributed by atoms with Gasteiger partial charge >= 0.3 is 0 Å². The third-order valence-electron chi connectivity index (χ3n) is 6.11. The number of carbonyl (C=O) groups excluding carboxylic acids is 1. The molecule has 0 spiro atoms. The Hall–Kier alpha value is -3.58. The van der Waals surface area contributed by atoms with Crippen LogP contribution in [-0.4, -0.2) is 51.7 Å². The molecule has 1 aliphatic heterocycles. The number of piperidine rings is 1. The molecule has 2 aromatic heterocycles. The van der Waals surface area contributed by atoms with Crippen LogP contribution in [0.5, 0.6) is 0 Å². The number of imidazole rings is 1. The summed E-state index contributed by atoms with van der Waals surface area (Å²) in [5, 5.41) is 5.09. The molecule has 33 heavy (non-hydrogen) atoms. The van der Waals surface area contributed by atoms with Crippen LogP contribution in [0, 0.1) is 5.92 Å². The van der Waals surface area contributed by atoms with Crippen LogP contribution >= 0.6 is 0 Å². The number of amides is 1. The van der Waals surface area contributed by atoms with Gasteiger partial charge in [0.1, 0.15) is 5.82 Å². The minimum Gasteiger partial charge on any atom is -0.334 e. The first-order valence-corrected chi connectivity index (χ1v) is 11.3. The van der Waals surface area contributed by atoms with E-state index in [0.717, 1.165) is 60.2 Å². The van der Waals surface area contributed by atoms with Crippen LogP contribution in [0.15, 0.2) is 71.9 Å². The van der Waals surface area contributed by atoms with Crippen molar-refractivity contribution in [3.05, 3.63) is 66.9 Å². The van der Waals surface area contributed by atoms with E-state index in [4.69, 9.17) is 0 Å². The number of hydrogen-bond donors (Lipinski definition) is 1. The molecule has 0 bridgehead atoms. The third-order valence-corrected chi connectivity index (χ3v) is 6.11. The molecule has 0 unspecified atom stereocenters. The van der Waals surface area contributed by atoms with Gasteiger partial charge in [0.25, 0.3) is 0 Å². The number of rotatable bonds is 7. The molecule has 4 rings (SSSR count). The summed E-state index contributed by atoms with van der Waals surface area (Å²) in [6, 6.07) is 8.15. The van der Waals surface area contributed by atoms with Gasteiger partial charge in [0.15, 0.2) is 0 Å². The Morgan fingerprint density at radius 2 is 2.06 bits per heavy atom. The Labute approximate surface area is 194 Å². The lowest BCUT2D eigenvalue weighted by atomic mass is 9.95. The summed E-state index contributed by atoms with van der Waals surface area (Å²) in [6.07, 6.45) is 13.0. The zero-order valence-corrected chi connectivity index (χ0v) is 19.2. The maximum absolute atomic E-state index is 12.9. The monoisotopic (exact) mass is 442 g/mol. The minimum absolute atomic E-state index is 0.0146. The molecule has 1 saturated heterocycles. The number of carbonyl (C=O) groups is 1. The maximum Gasteiger partial charge on any atom is 0.228 e. The van der Waals surface area contributed by atoms with Crippen molar-refractivity contribution in [2.75, 3.05) is 25.0 Å². The van der Waals surface area contributed by atoms with E-state index in [0.29, 0.717) is 5.82 Å². The highest BCUT2D eigenvalue weighted by Crippen LogP contribution is 2.26. The van der Waals surface area contributed by atoms with Gasteiger partial charge in [-0.15, -0.1) is 0 Å². The van der Waals surface area contributed by atoms with E-state index < -0.39 is 0 Å². The smallest absolute Gasteiger partial charge is 0.228 e. The number of aryl methyl sites for hydroxylation is 1. The van der Waals surface area contributed by atoms with Gasteiger partial charge in [-0.25, -0.2) is 9.97 Å². The number of pyridine rings is 1. The Bertz CT molecular complexity index is 1200. The van der Waals surface area contributed by atoms with Crippen LogP contribution in [0.2, 0.25) is 0 Å². The highest BCUT2D eigenvalue weighted by molar-refractivity contribution is 5.95. The van der Waals surface area contributed by atoms with Crippen molar-refractivity contribution in [1.29, 1.82) is 0 Å². The number of benzene rings is 1. The molecule has 3 aromatic rings. The number of hydrogen-bond acceptors (Lipinski definition) is 5. The normalized spacial score (nSPS) is 15.9. The van der Waals surface area contributed by atoms with E-state index in [9.17, 15) is 4.79 Å². The van der Waals surface area contributed by atoms with Gasteiger partial charge in [-0.2, -0.15) is 0 Å². The molecule has 0 saturated carbocycles. The average Bonchev–Trinajstić information content (AvgIpc) is 3.27. The van der Waals surface area contributed by atoms with Crippen molar-refractivity contribution in [3.8, 4) is 11.3 Å². The van der Waals surface area contributed by atoms with Gasteiger partial charge in [0.2, 0.25) is 5.91 Å². The Morgan fingerprint density at radius 1 is 1.24 bits per heavy atom. The molecule has 1 fully saturated rings. The molecule has 1 aliphatic rings. The second kappa shape index (κ2) is 10.4. The molecule has 1 amide bonds. The number of allylic oxidation sites excluding steroid dienone is 3. The van der Waals surface area contributed by atoms with Crippen molar-refractivity contribution >= 4 is 29.2 Å². The molecule has 3 heterocycles. The van der Waals surface area contributed by atoms with Crippen molar-refractivity contribution in [1.82, 2.24) is 19.4 Å². The highest BCUT2D eigenvalue weighted by Gasteiger charge is 2.25. The van der Waals surface area contributed by atoms with Gasteiger partial charge in [-0.3, -0.25) is 14.7 Å². The van der Waals surface area contributed by atoms with E-state index >= 15 is 0 Å². The fourth-order valence-electron chi connectivity index (χ4n) is 4.18. The van der Waals surface area contributed by atoms with Gasteiger partial charge in [0.05, 0.1) is 23.9 Å². The molecule has 0 radical (unpaired) electrons. The molecule has 7 heteroatoms. The first kappa shape index (κ1) is 22.6. The van der Waals surface area contributed by atoms with Crippen molar-refractivity contribution in [2.24, 2.45) is 18.0 Å². The van der Waals surface area contributed by atoms with Crippen molar-refractivity contribution in [3.63, 3.8) is 0 Å². The first-order chi connectivity index (χ1) is 16.1. The van der Waals surface area contributed by atoms with E-state index in [1.54, 1.807) is 6.33 Å². The third kappa shape index (κ3) is 5.43. The standard InChI is InChI=1S/C26H30N6O/c1-4-5-6-23(27-2)17-32-11-9-19(10-12-32)26(33)30-25-14-22-13-20(7-8-21(22)15-29-25)24-16-28-18-31(24)3/h4-8,13-16,18-19H,2,9-12,17H2,1,3H3,(H,29,30,33)/b5-4-,23-6-. The number of nitrogens with zero attached hydrogens (tertiary/aromatic N) is 5. The number of aliphatic imine (C=N–C) groups is 1. The highest BCUT2D eigenvalue weighted by atomic mass is 16.1. The summed E-state index contributed by atoms with van der Waals surface area (Å²) in [5.41, 5.74) is 3.07. The molecule has 0 atom stereocenters. The van der Waals surface area contributed by atoms with Crippen molar-refractivity contribution < 1.29 is 4.79 Å². The topological polar surface area (TPSA) is 75.4 Å². The van der Waals surface area contributed by atoms with Crippen LogP contribution in [0.1, 0.15) is 19.8 Å². The summed E-state index contributed by atoms with van der Waals surface area (Å²) >= 11 is 0. The van der Waals surface area contributed by atoms with Crippen LogP contribution in [-0.2, 0) is 11.8 Å². The first-order valence-electron chi connectivity index (χ1n) is 11.3. The second-order valence-corrected chi connectivity index (χ2v) is 8.40. The zero-order valence-electron chi connectivity index (χ0n) is 19.2. The fourth-order valence-corrected chi connectivity index (χ4v) is 4.18. The number of fused-ring (bicyclic) bond motifs is 1. The summed E-state index contributed by atoms with van der Waals surface area (Å²) in [4.78, 5) is 28.0. The Balaban J connectivity index is 1.39. The lowest BCUT2D eigenvalue weighted by Crippen LogP contribution is -2.39. The minimum atomic E-state index is -0.0146.